The molecule has 1 aliphatic heterocycles. The zero-order valence-electron chi connectivity index (χ0n) is 13.9. The molecule has 26 heavy (non-hydrogen) atoms. The maximum Gasteiger partial charge on any atom is 0.335 e. The van der Waals surface area contributed by atoms with Gasteiger partial charge in [0.15, 0.2) is 5.11 Å². The van der Waals surface area contributed by atoms with E-state index in [0.29, 0.717) is 41.0 Å². The molecule has 0 bridgehead atoms. The van der Waals surface area contributed by atoms with E-state index >= 15 is 0 Å². The molecule has 0 aliphatic carbocycles. The fraction of sp³-hybridized carbons (Fsp3) is 0.167. The zero-order valence-corrected chi connectivity index (χ0v) is 14.7. The van der Waals surface area contributed by atoms with E-state index in [4.69, 9.17) is 26.5 Å². The average Bonchev–Trinajstić information content (AvgIpc) is 3.19. The van der Waals surface area contributed by atoms with E-state index in [1.807, 2.05) is 0 Å². The van der Waals surface area contributed by atoms with E-state index < -0.39 is 5.97 Å². The number of aromatic carboxylic acids is 1. The first-order valence-electron chi connectivity index (χ1n) is 7.76. The largest absolute Gasteiger partial charge is 0.478 e. The highest BCUT2D eigenvalue weighted by Crippen LogP contribution is 2.25. The molecule has 0 radical (unpaired) electrons. The van der Waals surface area contributed by atoms with Gasteiger partial charge in [-0.3, -0.25) is 9.69 Å². The molecular formula is C18H16N2O5S. The molecular weight excluding hydrogens is 356 g/mol. The van der Waals surface area contributed by atoms with Crippen molar-refractivity contribution in [2.75, 3.05) is 20.3 Å². The number of carboxylic acids is 1. The Balaban J connectivity index is 1.81. The van der Waals surface area contributed by atoms with Crippen LogP contribution in [0.1, 0.15) is 16.1 Å². The molecule has 134 valence electrons. The Bertz CT molecular complexity index is 902. The van der Waals surface area contributed by atoms with Crippen molar-refractivity contribution >= 4 is 35.3 Å². The number of thiocarbonyl (C=S) groups is 1. The van der Waals surface area contributed by atoms with Gasteiger partial charge in [-0.25, -0.2) is 4.79 Å². The number of methoxy groups -OCH3 is 1. The number of amides is 1. The summed E-state index contributed by atoms with van der Waals surface area (Å²) in [6.45, 7) is 0.746. The lowest BCUT2D eigenvalue weighted by Gasteiger charge is -2.12. The van der Waals surface area contributed by atoms with Gasteiger partial charge in [0.25, 0.3) is 5.91 Å². The highest BCUT2D eigenvalue weighted by Gasteiger charge is 2.30. The van der Waals surface area contributed by atoms with Gasteiger partial charge in [0.1, 0.15) is 17.2 Å². The number of furan rings is 1. The Morgan fingerprint density at radius 3 is 2.92 bits per heavy atom. The van der Waals surface area contributed by atoms with Crippen LogP contribution < -0.4 is 5.32 Å². The predicted octanol–water partition coefficient (Wildman–Crippen LogP) is 2.35. The molecule has 1 saturated heterocycles. The second-order valence-corrected chi connectivity index (χ2v) is 5.91. The Kier molecular flexibility index (Phi) is 5.15. The van der Waals surface area contributed by atoms with E-state index in [2.05, 4.69) is 5.32 Å². The van der Waals surface area contributed by atoms with Crippen molar-refractivity contribution in [2.45, 2.75) is 0 Å². The number of rotatable bonds is 6. The number of nitrogens with one attached hydrogen (secondary N) is 1. The summed E-state index contributed by atoms with van der Waals surface area (Å²) in [5.74, 6) is -0.304. The van der Waals surface area contributed by atoms with Crippen molar-refractivity contribution in [2.24, 2.45) is 0 Å². The van der Waals surface area contributed by atoms with Crippen LogP contribution in [0.5, 0.6) is 0 Å². The molecule has 2 aromatic rings. The fourth-order valence-electron chi connectivity index (χ4n) is 2.49. The smallest absolute Gasteiger partial charge is 0.335 e. The van der Waals surface area contributed by atoms with Crippen LogP contribution in [-0.2, 0) is 9.53 Å². The Hall–Kier alpha value is -2.97. The van der Waals surface area contributed by atoms with Gasteiger partial charge >= 0.3 is 5.97 Å². The van der Waals surface area contributed by atoms with Crippen molar-refractivity contribution < 1.29 is 23.8 Å². The minimum absolute atomic E-state index is 0.172. The SMILES string of the molecule is COCCN1C(=O)C(=Cc2ccc(-c3cccc(C(=O)O)c3)o2)NC1=S. The summed E-state index contributed by atoms with van der Waals surface area (Å²) in [7, 11) is 1.55. The van der Waals surface area contributed by atoms with Gasteiger partial charge < -0.3 is 19.6 Å². The lowest BCUT2D eigenvalue weighted by molar-refractivity contribution is -0.122. The van der Waals surface area contributed by atoms with Gasteiger partial charge in [0, 0.05) is 18.7 Å². The van der Waals surface area contributed by atoms with Gasteiger partial charge in [-0.1, -0.05) is 12.1 Å². The third-order valence-electron chi connectivity index (χ3n) is 3.79. The van der Waals surface area contributed by atoms with Crippen molar-refractivity contribution in [1.29, 1.82) is 0 Å². The molecule has 0 spiro atoms. The van der Waals surface area contributed by atoms with Crippen LogP contribution in [0.3, 0.4) is 0 Å². The average molecular weight is 372 g/mol. The molecule has 1 aromatic carbocycles. The molecule has 1 aliphatic rings. The van der Waals surface area contributed by atoms with E-state index in [0.717, 1.165) is 0 Å². The summed E-state index contributed by atoms with van der Waals surface area (Å²) < 4.78 is 10.7. The van der Waals surface area contributed by atoms with Crippen molar-refractivity contribution in [1.82, 2.24) is 10.2 Å². The lowest BCUT2D eigenvalue weighted by atomic mass is 10.1. The van der Waals surface area contributed by atoms with Gasteiger partial charge in [-0.05, 0) is 36.5 Å². The van der Waals surface area contributed by atoms with E-state index in [1.165, 1.54) is 17.0 Å². The summed E-state index contributed by atoms with van der Waals surface area (Å²) in [6, 6.07) is 9.85. The van der Waals surface area contributed by atoms with Crippen molar-refractivity contribution in [3.8, 4) is 11.3 Å². The number of nitrogens with zero attached hydrogens (tertiary/aromatic N) is 1. The van der Waals surface area contributed by atoms with Gasteiger partial charge in [0.2, 0.25) is 0 Å². The van der Waals surface area contributed by atoms with Gasteiger partial charge in [0.05, 0.1) is 18.7 Å². The molecule has 0 saturated carbocycles. The number of hydrogen-bond donors (Lipinski definition) is 2. The molecule has 2 heterocycles. The lowest BCUT2D eigenvalue weighted by Crippen LogP contribution is -2.33. The summed E-state index contributed by atoms with van der Waals surface area (Å²) >= 11 is 5.16. The molecule has 2 N–H and O–H groups in total. The molecule has 8 heteroatoms. The maximum absolute atomic E-state index is 12.4. The second kappa shape index (κ2) is 7.51. The minimum atomic E-state index is -1.01. The Morgan fingerprint density at radius 2 is 2.19 bits per heavy atom. The van der Waals surface area contributed by atoms with Crippen LogP contribution in [0.4, 0.5) is 0 Å². The first-order valence-corrected chi connectivity index (χ1v) is 8.17. The predicted molar refractivity (Wildman–Crippen MR) is 98.4 cm³/mol. The molecule has 0 unspecified atom stereocenters. The third kappa shape index (κ3) is 3.66. The number of carbonyl (C=O) groups excluding carboxylic acids is 1. The standard InChI is InChI=1S/C18H16N2O5S/c1-24-8-7-20-16(21)14(19-18(20)26)10-13-5-6-15(25-13)11-3-2-4-12(9-11)17(22)23/h2-6,9-10H,7-8H2,1H3,(H,19,26)(H,22,23). The number of carbonyl (C=O) groups is 2. The highest BCUT2D eigenvalue weighted by atomic mass is 32.1. The molecule has 3 rings (SSSR count). The number of benzene rings is 1. The maximum atomic E-state index is 12.4. The molecule has 1 amide bonds. The van der Waals surface area contributed by atoms with Gasteiger partial charge in [-0.15, -0.1) is 0 Å². The number of hydrogen-bond acceptors (Lipinski definition) is 5. The summed E-state index contributed by atoms with van der Waals surface area (Å²) in [4.78, 5) is 24.9. The van der Waals surface area contributed by atoms with Crippen LogP contribution in [0.25, 0.3) is 17.4 Å². The molecule has 7 nitrogen and oxygen atoms in total. The fourth-order valence-corrected chi connectivity index (χ4v) is 2.77. The first kappa shape index (κ1) is 17.8. The summed E-state index contributed by atoms with van der Waals surface area (Å²) in [6.07, 6.45) is 1.56. The van der Waals surface area contributed by atoms with Crippen LogP contribution >= 0.6 is 12.2 Å². The normalized spacial score (nSPS) is 15.6. The minimum Gasteiger partial charge on any atom is -0.478 e. The topological polar surface area (TPSA) is 92.0 Å². The van der Waals surface area contributed by atoms with Crippen molar-refractivity contribution in [3.05, 3.63) is 53.4 Å². The number of carboxylic acid groups (broad SMARTS) is 1. The number of ether oxygens (including phenoxy) is 1. The van der Waals surface area contributed by atoms with E-state index in [1.54, 1.807) is 37.5 Å². The monoisotopic (exact) mass is 372 g/mol. The third-order valence-corrected chi connectivity index (χ3v) is 4.11. The Labute approximate surface area is 154 Å². The molecule has 0 atom stereocenters. The van der Waals surface area contributed by atoms with Crippen LogP contribution in [0.2, 0.25) is 0 Å². The summed E-state index contributed by atoms with van der Waals surface area (Å²) in [5.41, 5.74) is 1.12. The summed E-state index contributed by atoms with van der Waals surface area (Å²) in [5, 5.41) is 12.3. The van der Waals surface area contributed by atoms with Crippen LogP contribution in [0.15, 0.2) is 46.5 Å². The zero-order chi connectivity index (χ0) is 18.7. The van der Waals surface area contributed by atoms with E-state index in [-0.39, 0.29) is 11.5 Å². The van der Waals surface area contributed by atoms with Crippen LogP contribution in [-0.4, -0.2) is 47.3 Å². The second-order valence-electron chi connectivity index (χ2n) is 5.53. The first-order chi connectivity index (χ1) is 12.5. The van der Waals surface area contributed by atoms with E-state index in [9.17, 15) is 9.59 Å². The Morgan fingerprint density at radius 1 is 1.38 bits per heavy atom. The van der Waals surface area contributed by atoms with Gasteiger partial charge in [-0.2, -0.15) is 0 Å². The van der Waals surface area contributed by atoms with Crippen molar-refractivity contribution in [3.63, 3.8) is 0 Å². The quantitative estimate of drug-likeness (QED) is 0.594. The molecule has 1 aromatic heterocycles. The highest BCUT2D eigenvalue weighted by molar-refractivity contribution is 7.80. The van der Waals surface area contributed by atoms with Crippen LogP contribution in [0, 0.1) is 0 Å². The molecule has 1 fully saturated rings.